The van der Waals surface area contributed by atoms with Gasteiger partial charge in [-0.15, -0.1) is 0 Å². The van der Waals surface area contributed by atoms with Crippen molar-refractivity contribution >= 4 is 58.2 Å². The summed E-state index contributed by atoms with van der Waals surface area (Å²) in [5.41, 5.74) is 2.52. The summed E-state index contributed by atoms with van der Waals surface area (Å²) in [5.74, 6) is -0.746. The number of hydrogen-bond donors (Lipinski definition) is 2. The lowest BCUT2D eigenvalue weighted by Crippen LogP contribution is -2.30. The van der Waals surface area contributed by atoms with Crippen LogP contribution >= 0.6 is 22.6 Å². The van der Waals surface area contributed by atoms with Gasteiger partial charge >= 0.3 is 12.0 Å². The van der Waals surface area contributed by atoms with Gasteiger partial charge in [-0.3, -0.25) is 14.5 Å². The van der Waals surface area contributed by atoms with Gasteiger partial charge in [0, 0.05) is 5.69 Å². The molecule has 0 atom stereocenters. The summed E-state index contributed by atoms with van der Waals surface area (Å²) < 4.78 is 16.3. The number of nitrogens with zero attached hydrogens (tertiary/aromatic N) is 1. The van der Waals surface area contributed by atoms with Crippen LogP contribution in [0.5, 0.6) is 5.75 Å². The molecule has 2 N–H and O–H groups in total. The third-order valence-electron chi connectivity index (χ3n) is 5.29. The topological polar surface area (TPSA) is 127 Å². The lowest BCUT2D eigenvalue weighted by molar-refractivity contribution is -0.123. The Morgan fingerprint density at radius 2 is 1.86 bits per heavy atom. The molecule has 1 saturated heterocycles. The van der Waals surface area contributed by atoms with Crippen molar-refractivity contribution in [3.63, 3.8) is 0 Å². The predicted octanol–water partition coefficient (Wildman–Crippen LogP) is 4.09. The van der Waals surface area contributed by atoms with Gasteiger partial charge < -0.3 is 24.5 Å². The van der Waals surface area contributed by atoms with Gasteiger partial charge in [0.15, 0.2) is 6.61 Å². The Balaban J connectivity index is 1.37. The number of benzene rings is 2. The molecule has 0 radical (unpaired) electrons. The van der Waals surface area contributed by atoms with Crippen LogP contribution in [0.2, 0.25) is 0 Å². The van der Waals surface area contributed by atoms with Crippen LogP contribution in [-0.4, -0.2) is 42.4 Å². The van der Waals surface area contributed by atoms with E-state index in [2.05, 4.69) is 38.0 Å². The highest BCUT2D eigenvalue weighted by Crippen LogP contribution is 2.25. The van der Waals surface area contributed by atoms with Crippen molar-refractivity contribution in [2.45, 2.75) is 13.5 Å². The number of halogens is 1. The number of hydrogen-bond acceptors (Lipinski definition) is 7. The maximum atomic E-state index is 12.8. The van der Waals surface area contributed by atoms with E-state index >= 15 is 0 Å². The Hall–Kier alpha value is -4.13. The van der Waals surface area contributed by atoms with Gasteiger partial charge in [-0.1, -0.05) is 23.8 Å². The second-order valence-corrected chi connectivity index (χ2v) is 9.19. The van der Waals surface area contributed by atoms with Crippen molar-refractivity contribution in [1.29, 1.82) is 0 Å². The molecule has 10 nitrogen and oxygen atoms in total. The van der Waals surface area contributed by atoms with Crippen LogP contribution in [0.3, 0.4) is 0 Å². The summed E-state index contributed by atoms with van der Waals surface area (Å²) in [6.07, 6.45) is 1.54. The number of carbonyl (C=O) groups excluding carboxylic acids is 4. The Labute approximate surface area is 225 Å². The minimum atomic E-state index is -0.655. The van der Waals surface area contributed by atoms with Gasteiger partial charge in [-0.25, -0.2) is 9.59 Å². The van der Waals surface area contributed by atoms with Crippen LogP contribution in [0, 0.1) is 10.5 Å². The molecule has 3 aromatic rings. The SMILES string of the molecule is COC(=O)c1ccc(CN2C(=O)N/C(=C\c3ccc(OCC(=O)Nc4ccc(C)cc4)c(I)c3)C2=O)o1. The number of esters is 1. The highest BCUT2D eigenvalue weighted by molar-refractivity contribution is 14.1. The fraction of sp³-hybridized carbons (Fsp3) is 0.154. The molecule has 1 aliphatic heterocycles. The van der Waals surface area contributed by atoms with Crippen LogP contribution in [0.4, 0.5) is 10.5 Å². The molecule has 0 spiro atoms. The molecule has 4 rings (SSSR count). The first kappa shape index (κ1) is 25.9. The summed E-state index contributed by atoms with van der Waals surface area (Å²) >= 11 is 2.07. The Morgan fingerprint density at radius 3 is 2.57 bits per heavy atom. The van der Waals surface area contributed by atoms with Crippen LogP contribution in [-0.2, 0) is 20.9 Å². The Morgan fingerprint density at radius 1 is 1.11 bits per heavy atom. The molecule has 11 heteroatoms. The molecule has 190 valence electrons. The number of carbonyl (C=O) groups is 4. The van der Waals surface area contributed by atoms with E-state index in [4.69, 9.17) is 9.15 Å². The fourth-order valence-electron chi connectivity index (χ4n) is 3.41. The van der Waals surface area contributed by atoms with E-state index in [-0.39, 0.29) is 36.3 Å². The highest BCUT2D eigenvalue weighted by Gasteiger charge is 2.34. The van der Waals surface area contributed by atoms with Crippen LogP contribution in [0.25, 0.3) is 6.08 Å². The smallest absolute Gasteiger partial charge is 0.373 e. The quantitative estimate of drug-likeness (QED) is 0.169. The van der Waals surface area contributed by atoms with Gasteiger partial charge in [0.2, 0.25) is 5.76 Å². The normalized spacial score (nSPS) is 14.0. The third-order valence-corrected chi connectivity index (χ3v) is 6.13. The minimum absolute atomic E-state index is 0.0233. The molecule has 1 fully saturated rings. The maximum Gasteiger partial charge on any atom is 0.373 e. The summed E-state index contributed by atoms with van der Waals surface area (Å²) in [6, 6.07) is 14.9. The van der Waals surface area contributed by atoms with E-state index < -0.39 is 17.9 Å². The number of imide groups is 1. The fourth-order valence-corrected chi connectivity index (χ4v) is 4.11. The standard InChI is InChI=1S/C26H22IN3O7/c1-15-3-6-17(7-4-15)28-23(31)14-36-21-9-5-16(11-19(21)27)12-20-24(32)30(26(34)29-20)13-18-8-10-22(37-18)25(33)35-2/h3-12H,13-14H2,1-2H3,(H,28,31)(H,29,34)/b20-12-. The van der Waals surface area contributed by atoms with E-state index in [1.807, 2.05) is 31.2 Å². The maximum absolute atomic E-state index is 12.8. The van der Waals surface area contributed by atoms with Gasteiger partial charge in [0.05, 0.1) is 17.2 Å². The number of anilines is 1. The number of aryl methyl sites for hydroxylation is 1. The van der Waals surface area contributed by atoms with Crippen molar-refractivity contribution < 1.29 is 33.1 Å². The zero-order valence-electron chi connectivity index (χ0n) is 19.9. The Bertz CT molecular complexity index is 1400. The zero-order valence-corrected chi connectivity index (χ0v) is 22.0. The number of furan rings is 1. The number of methoxy groups -OCH3 is 1. The monoisotopic (exact) mass is 615 g/mol. The van der Waals surface area contributed by atoms with Crippen molar-refractivity contribution in [2.24, 2.45) is 0 Å². The molecule has 37 heavy (non-hydrogen) atoms. The number of nitrogens with one attached hydrogen (secondary N) is 2. The van der Waals surface area contributed by atoms with Crippen molar-refractivity contribution in [3.05, 3.63) is 86.5 Å². The van der Waals surface area contributed by atoms with Gasteiger partial charge in [0.1, 0.15) is 17.2 Å². The molecular weight excluding hydrogens is 593 g/mol. The van der Waals surface area contributed by atoms with E-state index in [1.165, 1.54) is 25.3 Å². The van der Waals surface area contributed by atoms with Crippen molar-refractivity contribution in [1.82, 2.24) is 10.2 Å². The third kappa shape index (κ3) is 6.36. The summed E-state index contributed by atoms with van der Waals surface area (Å²) in [6.45, 7) is 1.65. The molecule has 4 amide bonds. The molecule has 2 heterocycles. The van der Waals surface area contributed by atoms with E-state index in [0.29, 0.717) is 17.0 Å². The number of rotatable bonds is 8. The molecule has 0 bridgehead atoms. The Kier molecular flexibility index (Phi) is 7.92. The number of ether oxygens (including phenoxy) is 2. The molecule has 0 unspecified atom stereocenters. The first-order chi connectivity index (χ1) is 17.7. The van der Waals surface area contributed by atoms with Gasteiger partial charge in [0.25, 0.3) is 11.8 Å². The molecular formula is C26H22IN3O7. The first-order valence-corrected chi connectivity index (χ1v) is 12.1. The largest absolute Gasteiger partial charge is 0.483 e. The van der Waals surface area contributed by atoms with Gasteiger partial charge in [-0.05, 0) is 77.6 Å². The molecule has 2 aromatic carbocycles. The average molecular weight is 615 g/mol. The first-order valence-electron chi connectivity index (χ1n) is 11.0. The molecule has 0 aliphatic carbocycles. The minimum Gasteiger partial charge on any atom is -0.483 e. The van der Waals surface area contributed by atoms with Crippen molar-refractivity contribution in [2.75, 3.05) is 19.0 Å². The second-order valence-electron chi connectivity index (χ2n) is 8.03. The molecule has 0 saturated carbocycles. The van der Waals surface area contributed by atoms with Crippen LogP contribution in [0.1, 0.15) is 27.4 Å². The van der Waals surface area contributed by atoms with E-state index in [1.54, 1.807) is 18.2 Å². The van der Waals surface area contributed by atoms with E-state index in [9.17, 15) is 19.2 Å². The summed E-state index contributed by atoms with van der Waals surface area (Å²) in [4.78, 5) is 49.9. The number of amides is 4. The lowest BCUT2D eigenvalue weighted by atomic mass is 10.2. The second kappa shape index (κ2) is 11.3. The summed E-state index contributed by atoms with van der Waals surface area (Å²) in [7, 11) is 1.22. The zero-order chi connectivity index (χ0) is 26.5. The molecule has 1 aromatic heterocycles. The van der Waals surface area contributed by atoms with Crippen LogP contribution in [0.15, 0.2) is 64.7 Å². The van der Waals surface area contributed by atoms with Gasteiger partial charge in [-0.2, -0.15) is 0 Å². The van der Waals surface area contributed by atoms with Crippen molar-refractivity contribution in [3.8, 4) is 5.75 Å². The molecule has 1 aliphatic rings. The number of urea groups is 1. The lowest BCUT2D eigenvalue weighted by Gasteiger charge is -2.10. The van der Waals surface area contributed by atoms with Crippen LogP contribution < -0.4 is 15.4 Å². The van der Waals surface area contributed by atoms with E-state index in [0.717, 1.165) is 14.0 Å². The highest BCUT2D eigenvalue weighted by atomic mass is 127. The predicted molar refractivity (Wildman–Crippen MR) is 142 cm³/mol. The average Bonchev–Trinajstić information content (AvgIpc) is 3.45. The summed E-state index contributed by atoms with van der Waals surface area (Å²) in [5, 5.41) is 5.31.